The summed E-state index contributed by atoms with van der Waals surface area (Å²) in [7, 11) is 0. The molecule has 3 heterocycles. The van der Waals surface area contributed by atoms with E-state index in [9.17, 15) is 4.79 Å². The first-order valence-electron chi connectivity index (χ1n) is 10.1. The summed E-state index contributed by atoms with van der Waals surface area (Å²) in [5.41, 5.74) is 1.82. The third-order valence-electron chi connectivity index (χ3n) is 5.16. The number of benzene rings is 2. The molecule has 9 nitrogen and oxygen atoms in total. The van der Waals surface area contributed by atoms with Crippen LogP contribution in [-0.4, -0.2) is 38.6 Å². The molecule has 0 fully saturated rings. The minimum absolute atomic E-state index is 0.114. The maximum Gasteiger partial charge on any atom is 0.248 e. The van der Waals surface area contributed by atoms with Crippen LogP contribution in [0.1, 0.15) is 17.8 Å². The van der Waals surface area contributed by atoms with Crippen molar-refractivity contribution in [2.24, 2.45) is 0 Å². The lowest BCUT2D eigenvalue weighted by Crippen LogP contribution is -2.10. The molecular weight excluding hydrogens is 398 g/mol. The zero-order valence-electron chi connectivity index (χ0n) is 16.8. The summed E-state index contributed by atoms with van der Waals surface area (Å²) >= 11 is 0. The molecule has 2 aromatic heterocycles. The average Bonchev–Trinajstić information content (AvgIpc) is 3.44. The van der Waals surface area contributed by atoms with E-state index in [1.165, 1.54) is 6.07 Å². The Morgan fingerprint density at radius 2 is 1.97 bits per heavy atom. The van der Waals surface area contributed by atoms with Crippen LogP contribution in [0.3, 0.4) is 0 Å². The van der Waals surface area contributed by atoms with Crippen LogP contribution in [0.2, 0.25) is 0 Å². The van der Waals surface area contributed by atoms with Crippen LogP contribution in [0.15, 0.2) is 53.3 Å². The van der Waals surface area contributed by atoms with Gasteiger partial charge in [0.25, 0.3) is 0 Å². The molecule has 4 aromatic rings. The lowest BCUT2D eigenvalue weighted by atomic mass is 10.1. The topological polar surface area (TPSA) is 104 Å². The summed E-state index contributed by atoms with van der Waals surface area (Å²) in [5.74, 6) is 3.17. The zero-order chi connectivity index (χ0) is 21.0. The monoisotopic (exact) mass is 419 g/mol. The quantitative estimate of drug-likeness (QED) is 0.438. The molecule has 0 bridgehead atoms. The lowest BCUT2D eigenvalue weighted by Gasteiger charge is -2.08. The van der Waals surface area contributed by atoms with Crippen LogP contribution < -0.4 is 19.8 Å². The van der Waals surface area contributed by atoms with Crippen molar-refractivity contribution in [3.05, 3.63) is 70.3 Å². The lowest BCUT2D eigenvalue weighted by molar-refractivity contribution is 0.174. The minimum Gasteiger partial charge on any atom is -0.494 e. The Balaban J connectivity index is 1.13. The molecule has 9 heteroatoms. The summed E-state index contributed by atoms with van der Waals surface area (Å²) in [6.45, 7) is 1.51. The zero-order valence-corrected chi connectivity index (χ0v) is 16.8. The Kier molecular flexibility index (Phi) is 5.22. The fourth-order valence-electron chi connectivity index (χ4n) is 3.55. The summed E-state index contributed by atoms with van der Waals surface area (Å²) in [6, 6.07) is 14.9. The number of aromatic amines is 1. The second-order valence-electron chi connectivity index (χ2n) is 7.28. The van der Waals surface area contributed by atoms with Crippen LogP contribution in [-0.2, 0) is 19.4 Å². The number of H-pyrrole nitrogens is 1. The van der Waals surface area contributed by atoms with Crippen molar-refractivity contribution in [3.8, 4) is 17.2 Å². The second kappa shape index (κ2) is 8.47. The molecule has 1 aliphatic rings. The SMILES string of the molecule is O=c1ccc2cc(OCCCc3nnnn3CCc3ccc4c(c3)OCO4)ccc2[nH]1. The van der Waals surface area contributed by atoms with Crippen molar-refractivity contribution in [1.29, 1.82) is 0 Å². The number of hydrogen-bond acceptors (Lipinski definition) is 7. The van der Waals surface area contributed by atoms with Gasteiger partial charge < -0.3 is 19.2 Å². The summed E-state index contributed by atoms with van der Waals surface area (Å²) < 4.78 is 18.5. The number of fused-ring (bicyclic) bond motifs is 2. The highest BCUT2D eigenvalue weighted by Crippen LogP contribution is 2.32. The van der Waals surface area contributed by atoms with Gasteiger partial charge in [0.15, 0.2) is 17.3 Å². The van der Waals surface area contributed by atoms with Crippen LogP contribution in [0.25, 0.3) is 10.9 Å². The molecule has 5 rings (SSSR count). The van der Waals surface area contributed by atoms with E-state index >= 15 is 0 Å². The number of pyridine rings is 1. The Morgan fingerprint density at radius 1 is 1.03 bits per heavy atom. The van der Waals surface area contributed by atoms with Crippen molar-refractivity contribution in [2.75, 3.05) is 13.4 Å². The van der Waals surface area contributed by atoms with Crippen LogP contribution in [0.5, 0.6) is 17.2 Å². The van der Waals surface area contributed by atoms with Gasteiger partial charge in [0, 0.05) is 29.9 Å². The molecule has 0 unspecified atom stereocenters. The molecule has 1 N–H and O–H groups in total. The van der Waals surface area contributed by atoms with E-state index in [0.29, 0.717) is 13.2 Å². The van der Waals surface area contributed by atoms with Gasteiger partial charge in [-0.05, 0) is 65.2 Å². The Labute approximate surface area is 177 Å². The van der Waals surface area contributed by atoms with Gasteiger partial charge in [-0.3, -0.25) is 4.79 Å². The Hall–Kier alpha value is -3.88. The van der Waals surface area contributed by atoms with Crippen molar-refractivity contribution in [1.82, 2.24) is 25.2 Å². The maximum atomic E-state index is 11.4. The second-order valence-corrected chi connectivity index (χ2v) is 7.28. The highest BCUT2D eigenvalue weighted by atomic mass is 16.7. The molecular formula is C22H21N5O4. The van der Waals surface area contributed by atoms with E-state index in [1.807, 2.05) is 41.1 Å². The number of hydrogen-bond donors (Lipinski definition) is 1. The molecule has 0 amide bonds. The molecule has 0 saturated heterocycles. The Morgan fingerprint density at radius 3 is 2.94 bits per heavy atom. The summed E-state index contributed by atoms with van der Waals surface area (Å²) in [4.78, 5) is 14.2. The van der Waals surface area contributed by atoms with Crippen molar-refractivity contribution in [2.45, 2.75) is 25.8 Å². The smallest absolute Gasteiger partial charge is 0.248 e. The van der Waals surface area contributed by atoms with E-state index in [0.717, 1.165) is 58.8 Å². The number of tetrazole rings is 1. The first-order chi connectivity index (χ1) is 15.2. The van der Waals surface area contributed by atoms with E-state index < -0.39 is 0 Å². The van der Waals surface area contributed by atoms with E-state index in [2.05, 4.69) is 20.5 Å². The van der Waals surface area contributed by atoms with E-state index in [-0.39, 0.29) is 12.4 Å². The molecule has 2 aromatic carbocycles. The number of aromatic nitrogens is 5. The number of ether oxygens (including phenoxy) is 3. The van der Waals surface area contributed by atoms with Gasteiger partial charge in [0.2, 0.25) is 12.4 Å². The minimum atomic E-state index is -0.114. The van der Waals surface area contributed by atoms with E-state index in [4.69, 9.17) is 14.2 Å². The van der Waals surface area contributed by atoms with Crippen LogP contribution >= 0.6 is 0 Å². The molecule has 1 aliphatic heterocycles. The third-order valence-corrected chi connectivity index (χ3v) is 5.16. The highest BCUT2D eigenvalue weighted by Gasteiger charge is 2.13. The van der Waals surface area contributed by atoms with Crippen LogP contribution in [0.4, 0.5) is 0 Å². The highest BCUT2D eigenvalue weighted by molar-refractivity contribution is 5.79. The number of rotatable bonds is 8. The average molecular weight is 419 g/mol. The molecule has 0 spiro atoms. The van der Waals surface area contributed by atoms with Gasteiger partial charge >= 0.3 is 0 Å². The van der Waals surface area contributed by atoms with Gasteiger partial charge in [0.05, 0.1) is 6.61 Å². The van der Waals surface area contributed by atoms with Crippen LogP contribution in [0, 0.1) is 0 Å². The molecule has 0 atom stereocenters. The fourth-order valence-corrected chi connectivity index (χ4v) is 3.55. The maximum absolute atomic E-state index is 11.4. The molecule has 0 aliphatic carbocycles. The van der Waals surface area contributed by atoms with Crippen molar-refractivity contribution in [3.63, 3.8) is 0 Å². The Bertz CT molecular complexity index is 1270. The molecule has 31 heavy (non-hydrogen) atoms. The number of aryl methyl sites for hydroxylation is 3. The summed E-state index contributed by atoms with van der Waals surface area (Å²) in [5, 5.41) is 13.0. The summed E-state index contributed by atoms with van der Waals surface area (Å²) in [6.07, 6.45) is 2.30. The first kappa shape index (κ1) is 19.1. The van der Waals surface area contributed by atoms with Gasteiger partial charge in [-0.2, -0.15) is 0 Å². The van der Waals surface area contributed by atoms with Gasteiger partial charge in [-0.15, -0.1) is 5.10 Å². The third kappa shape index (κ3) is 4.35. The predicted molar refractivity (Wildman–Crippen MR) is 112 cm³/mol. The van der Waals surface area contributed by atoms with Gasteiger partial charge in [-0.25, -0.2) is 4.68 Å². The van der Waals surface area contributed by atoms with Crippen molar-refractivity contribution < 1.29 is 14.2 Å². The molecule has 0 radical (unpaired) electrons. The largest absolute Gasteiger partial charge is 0.494 e. The predicted octanol–water partition coefficient (Wildman–Crippen LogP) is 2.50. The van der Waals surface area contributed by atoms with Gasteiger partial charge in [-0.1, -0.05) is 6.07 Å². The normalized spacial score (nSPS) is 12.4. The first-order valence-corrected chi connectivity index (χ1v) is 10.1. The van der Waals surface area contributed by atoms with Crippen molar-refractivity contribution >= 4 is 10.9 Å². The molecule has 0 saturated carbocycles. The number of nitrogens with zero attached hydrogens (tertiary/aromatic N) is 4. The number of nitrogens with one attached hydrogen (secondary N) is 1. The van der Waals surface area contributed by atoms with E-state index in [1.54, 1.807) is 6.07 Å². The standard InChI is InChI=1S/C22H21N5O4/c28-22-8-4-16-13-17(5-6-18(16)23-22)29-11-1-2-21-24-25-26-27(21)10-9-15-3-7-19-20(12-15)31-14-30-19/h3-8,12-13H,1-2,9-11,14H2,(H,23,28). The van der Waals surface area contributed by atoms with Gasteiger partial charge in [0.1, 0.15) is 5.75 Å². The fraction of sp³-hybridized carbons (Fsp3) is 0.273. The molecule has 158 valence electrons.